The molecule has 15 nitrogen and oxygen atoms in total. The largest absolute Gasteiger partial charge is 0.454 e. The highest BCUT2D eigenvalue weighted by molar-refractivity contribution is 7.89. The van der Waals surface area contributed by atoms with Crippen molar-refractivity contribution in [2.45, 2.75) is 113 Å². The molecule has 0 spiro atoms. The second-order valence-electron chi connectivity index (χ2n) is 17.9. The van der Waals surface area contributed by atoms with Gasteiger partial charge in [0.15, 0.2) is 18.7 Å². The van der Waals surface area contributed by atoms with Gasteiger partial charge in [-0.2, -0.15) is 0 Å². The molecular formula is C58H63NO14S. The fraction of sp³-hybridized carbons (Fsp3) is 0.345. The van der Waals surface area contributed by atoms with Crippen LogP contribution in [0.2, 0.25) is 0 Å². The lowest BCUT2D eigenvalue weighted by atomic mass is 9.94. The highest BCUT2D eigenvalue weighted by atomic mass is 32.2. The molecule has 16 heteroatoms. The smallest absolute Gasteiger partial charge is 0.303 e. The summed E-state index contributed by atoms with van der Waals surface area (Å²) in [5.74, 6) is -1.51. The van der Waals surface area contributed by atoms with E-state index in [1.807, 2.05) is 152 Å². The van der Waals surface area contributed by atoms with Gasteiger partial charge in [-0.05, 0) is 39.9 Å². The zero-order chi connectivity index (χ0) is 51.7. The van der Waals surface area contributed by atoms with Crippen LogP contribution in [0.3, 0.4) is 0 Å². The van der Waals surface area contributed by atoms with Gasteiger partial charge in [0, 0.05) is 21.0 Å². The van der Waals surface area contributed by atoms with Crippen LogP contribution in [-0.4, -0.2) is 106 Å². The number of nitrogens with zero attached hydrogens (tertiary/aromatic N) is 1. The third kappa shape index (κ3) is 14.4. The van der Waals surface area contributed by atoms with Crippen molar-refractivity contribution >= 4 is 21.9 Å². The topological polar surface area (TPSA) is 164 Å². The standard InChI is InChI=1S/C58H63NO14S/c1-41(60)59(74(62,63)48-32-20-9-21-33-48)51-54(68-37-46-28-16-7-17-29-46)53(50(71-57(51)64-3)40-66-35-44-24-12-5-13-25-44)73-58-56(70-42(2)61)55(69-38-47-30-18-8-19-31-47)52(67-36-45-26-14-6-15-27-45)49(72-58)39-65-34-43-22-10-4-11-23-43/h4-33,49-58H,34-40H2,1-3H3/t49-,50-,51-,52+,53-,54-,55+,56-,57-,58+/m0/s1. The second-order valence-corrected chi connectivity index (χ2v) is 19.7. The van der Waals surface area contributed by atoms with E-state index in [2.05, 4.69) is 0 Å². The summed E-state index contributed by atoms with van der Waals surface area (Å²) in [4.78, 5) is 27.4. The predicted octanol–water partition coefficient (Wildman–Crippen LogP) is 8.20. The van der Waals surface area contributed by atoms with Crippen LogP contribution in [0.25, 0.3) is 0 Å². The van der Waals surface area contributed by atoms with Crippen LogP contribution in [0.4, 0.5) is 0 Å². The number of amides is 1. The number of rotatable bonds is 24. The zero-order valence-electron chi connectivity index (χ0n) is 41.6. The normalized spacial score (nSPS) is 23.9. The Hall–Kier alpha value is -6.15. The third-order valence-electron chi connectivity index (χ3n) is 12.6. The minimum absolute atomic E-state index is 0.0350. The van der Waals surface area contributed by atoms with Crippen LogP contribution in [0, 0.1) is 0 Å². The molecule has 0 aromatic heterocycles. The highest BCUT2D eigenvalue weighted by Crippen LogP contribution is 2.38. The maximum absolute atomic E-state index is 14.9. The van der Waals surface area contributed by atoms with Gasteiger partial charge in [-0.15, -0.1) is 0 Å². The summed E-state index contributed by atoms with van der Waals surface area (Å²) in [6.45, 7) is 2.78. The summed E-state index contributed by atoms with van der Waals surface area (Å²) >= 11 is 0. The molecule has 2 heterocycles. The molecule has 390 valence electrons. The number of esters is 1. The van der Waals surface area contributed by atoms with Crippen LogP contribution in [-0.2, 0) is 100 Å². The number of methoxy groups -OCH3 is 1. The van der Waals surface area contributed by atoms with Gasteiger partial charge in [-0.1, -0.05) is 170 Å². The van der Waals surface area contributed by atoms with Gasteiger partial charge in [0.25, 0.3) is 10.0 Å². The van der Waals surface area contributed by atoms with Gasteiger partial charge >= 0.3 is 5.97 Å². The lowest BCUT2D eigenvalue weighted by Crippen LogP contribution is -2.69. The first kappa shape index (κ1) is 54.1. The Morgan fingerprint density at radius 3 is 1.27 bits per heavy atom. The summed E-state index contributed by atoms with van der Waals surface area (Å²) in [5, 5.41) is 0. The fourth-order valence-electron chi connectivity index (χ4n) is 9.09. The molecule has 74 heavy (non-hydrogen) atoms. The van der Waals surface area contributed by atoms with E-state index in [1.54, 1.807) is 18.2 Å². The molecule has 0 N–H and O–H groups in total. The van der Waals surface area contributed by atoms with Crippen LogP contribution in [0.15, 0.2) is 187 Å². The van der Waals surface area contributed by atoms with Gasteiger partial charge in [0.1, 0.15) is 42.7 Å². The van der Waals surface area contributed by atoms with E-state index in [4.69, 9.17) is 47.4 Å². The van der Waals surface area contributed by atoms with Crippen LogP contribution in [0.1, 0.15) is 41.7 Å². The molecule has 0 unspecified atom stereocenters. The molecule has 8 rings (SSSR count). The number of sulfonamides is 1. The predicted molar refractivity (Wildman–Crippen MR) is 272 cm³/mol. The molecule has 6 aromatic rings. The van der Waals surface area contributed by atoms with Gasteiger partial charge in [-0.25, -0.2) is 12.7 Å². The molecule has 0 aliphatic carbocycles. The summed E-state index contributed by atoms with van der Waals surface area (Å²) in [7, 11) is -3.28. The first-order chi connectivity index (χ1) is 36.1. The fourth-order valence-corrected chi connectivity index (χ4v) is 10.7. The van der Waals surface area contributed by atoms with Crippen molar-refractivity contribution < 1.29 is 65.4 Å². The van der Waals surface area contributed by atoms with Crippen molar-refractivity contribution in [3.63, 3.8) is 0 Å². The van der Waals surface area contributed by atoms with E-state index in [9.17, 15) is 18.0 Å². The van der Waals surface area contributed by atoms with Crippen molar-refractivity contribution in [3.8, 4) is 0 Å². The number of carbonyl (C=O) groups is 2. The molecule has 2 saturated heterocycles. The number of hydrogen-bond acceptors (Lipinski definition) is 14. The van der Waals surface area contributed by atoms with Gasteiger partial charge in [0.05, 0.1) is 51.1 Å². The molecule has 1 amide bonds. The average molecular weight is 1030 g/mol. The average Bonchev–Trinajstić information content (AvgIpc) is 3.42. The first-order valence-electron chi connectivity index (χ1n) is 24.6. The van der Waals surface area contributed by atoms with E-state index < -0.39 is 83.2 Å². The molecule has 0 bridgehead atoms. The Labute approximate surface area is 433 Å². The van der Waals surface area contributed by atoms with E-state index >= 15 is 0 Å². The number of benzene rings is 6. The Balaban J connectivity index is 1.24. The van der Waals surface area contributed by atoms with Crippen LogP contribution < -0.4 is 0 Å². The lowest BCUT2D eigenvalue weighted by Gasteiger charge is -2.51. The van der Waals surface area contributed by atoms with Crippen LogP contribution in [0.5, 0.6) is 0 Å². The maximum atomic E-state index is 14.9. The van der Waals surface area contributed by atoms with Gasteiger partial charge < -0.3 is 47.4 Å². The van der Waals surface area contributed by atoms with E-state index in [0.29, 0.717) is 0 Å². The van der Waals surface area contributed by atoms with Crippen LogP contribution >= 0.6 is 0 Å². The number of carbonyl (C=O) groups excluding carboxylic acids is 2. The molecule has 10 atom stereocenters. The highest BCUT2D eigenvalue weighted by Gasteiger charge is 2.57. The summed E-state index contributed by atoms with van der Waals surface area (Å²) in [5.41, 5.74) is 4.23. The van der Waals surface area contributed by atoms with E-state index in [-0.39, 0.29) is 51.1 Å². The molecule has 2 aliphatic heterocycles. The Morgan fingerprint density at radius 2 is 0.851 bits per heavy atom. The minimum Gasteiger partial charge on any atom is -0.454 e. The maximum Gasteiger partial charge on any atom is 0.303 e. The lowest BCUT2D eigenvalue weighted by molar-refractivity contribution is -0.361. The van der Waals surface area contributed by atoms with Crippen molar-refractivity contribution in [3.05, 3.63) is 210 Å². The Bertz CT molecular complexity index is 2730. The number of ether oxygens (including phenoxy) is 10. The molecule has 6 aromatic carbocycles. The molecular weight excluding hydrogens is 967 g/mol. The number of hydrogen-bond donors (Lipinski definition) is 0. The van der Waals surface area contributed by atoms with E-state index in [1.165, 1.54) is 26.2 Å². The molecule has 0 radical (unpaired) electrons. The zero-order valence-corrected chi connectivity index (χ0v) is 42.4. The van der Waals surface area contributed by atoms with Crippen molar-refractivity contribution in [2.24, 2.45) is 0 Å². The van der Waals surface area contributed by atoms with Crippen molar-refractivity contribution in [2.75, 3.05) is 20.3 Å². The molecule has 2 fully saturated rings. The quantitative estimate of drug-likeness (QED) is 0.0533. The van der Waals surface area contributed by atoms with Gasteiger partial charge in [0.2, 0.25) is 5.91 Å². The van der Waals surface area contributed by atoms with E-state index in [0.717, 1.165) is 39.0 Å². The summed E-state index contributed by atoms with van der Waals surface area (Å²) in [6.07, 6.45) is -11.0. The second kappa shape index (κ2) is 26.9. The van der Waals surface area contributed by atoms with Gasteiger partial charge in [-0.3, -0.25) is 9.59 Å². The minimum atomic E-state index is -4.63. The molecule has 0 saturated carbocycles. The van der Waals surface area contributed by atoms with Crippen molar-refractivity contribution in [1.82, 2.24) is 4.31 Å². The third-order valence-corrected chi connectivity index (χ3v) is 14.4. The monoisotopic (exact) mass is 1030 g/mol. The summed E-state index contributed by atoms with van der Waals surface area (Å²) in [6, 6.07) is 53.7. The Kier molecular flexibility index (Phi) is 19.7. The first-order valence-corrected chi connectivity index (χ1v) is 26.0. The molecule has 2 aliphatic rings. The SMILES string of the molecule is CO[C@H]1O[C@@H](COCc2ccccc2)[C@H](O[C@H]2O[C@@H](COCc3ccccc3)[C@@H](OCc3ccccc3)[C@@H](OCc3ccccc3)[C@@H]2OC(C)=O)[C@@H](OCc2ccccc2)[C@@H]1N(C(C)=O)S(=O)(=O)c1ccccc1. The Morgan fingerprint density at radius 1 is 0.473 bits per heavy atom. The van der Waals surface area contributed by atoms with Crippen molar-refractivity contribution in [1.29, 1.82) is 0 Å². The summed E-state index contributed by atoms with van der Waals surface area (Å²) < 4.78 is 96.8.